The predicted molar refractivity (Wildman–Crippen MR) is 104 cm³/mol. The van der Waals surface area contributed by atoms with Gasteiger partial charge in [0.25, 0.3) is 0 Å². The molecular weight excluding hydrogens is 361 g/mol. The third-order valence-electron chi connectivity index (χ3n) is 4.18. The van der Waals surface area contributed by atoms with Crippen LogP contribution < -0.4 is 0 Å². The second-order valence-corrected chi connectivity index (χ2v) is 6.17. The van der Waals surface area contributed by atoms with Crippen molar-refractivity contribution >= 4 is 17.9 Å². The fourth-order valence-corrected chi connectivity index (χ4v) is 2.72. The third-order valence-corrected chi connectivity index (χ3v) is 4.18. The molecule has 4 atom stereocenters. The minimum atomic E-state index is -1.10. The summed E-state index contributed by atoms with van der Waals surface area (Å²) in [5.74, 6) is 5.33. The SMILES string of the molecule is C#CB(C)C#C.Cc1nc(C)c2ncn([C@@H]3O[C@H](CO)C(O)[C@@H]3N=[N+]=[N-])c2n1. The lowest BCUT2D eigenvalue weighted by Gasteiger charge is -2.17. The lowest BCUT2D eigenvalue weighted by molar-refractivity contribution is -0.0437. The molecule has 10 nitrogen and oxygen atoms in total. The van der Waals surface area contributed by atoms with Crippen LogP contribution in [0.4, 0.5) is 0 Å². The summed E-state index contributed by atoms with van der Waals surface area (Å²) in [7, 11) is 0. The molecule has 1 unspecified atom stereocenters. The molecule has 1 fully saturated rings. The van der Waals surface area contributed by atoms with Gasteiger partial charge in [0.05, 0.1) is 24.7 Å². The van der Waals surface area contributed by atoms with Crippen LogP contribution in [0.5, 0.6) is 0 Å². The number of fused-ring (bicyclic) bond motifs is 1. The highest BCUT2D eigenvalue weighted by Gasteiger charge is 2.44. The van der Waals surface area contributed by atoms with Crippen molar-refractivity contribution in [3.63, 3.8) is 0 Å². The van der Waals surface area contributed by atoms with Gasteiger partial charge in [0, 0.05) is 4.91 Å². The van der Waals surface area contributed by atoms with E-state index < -0.39 is 24.5 Å². The van der Waals surface area contributed by atoms with Gasteiger partial charge in [0.15, 0.2) is 5.65 Å². The molecule has 0 aromatic carbocycles. The molecule has 1 saturated heterocycles. The molecule has 0 spiro atoms. The van der Waals surface area contributed by atoms with E-state index in [-0.39, 0.29) is 13.3 Å². The van der Waals surface area contributed by atoms with Gasteiger partial charge in [-0.05, 0) is 19.4 Å². The molecule has 1 aliphatic rings. The molecule has 0 aliphatic carbocycles. The van der Waals surface area contributed by atoms with Crippen LogP contribution in [0.3, 0.4) is 0 Å². The monoisotopic (exact) mass is 381 g/mol. The van der Waals surface area contributed by atoms with Gasteiger partial charge in [0.2, 0.25) is 0 Å². The number of aliphatic hydroxyl groups is 2. The lowest BCUT2D eigenvalue weighted by atomic mass is 9.55. The molecule has 144 valence electrons. The number of nitrogens with zero attached hydrogens (tertiary/aromatic N) is 7. The minimum absolute atomic E-state index is 0.00926. The van der Waals surface area contributed by atoms with Gasteiger partial charge in [-0.3, -0.25) is 4.57 Å². The van der Waals surface area contributed by atoms with Crippen LogP contribution in [0.2, 0.25) is 6.82 Å². The van der Waals surface area contributed by atoms with Gasteiger partial charge in [-0.25, -0.2) is 15.0 Å². The Morgan fingerprint density at radius 2 is 2.07 bits per heavy atom. The first-order valence-corrected chi connectivity index (χ1v) is 8.46. The van der Waals surface area contributed by atoms with Crippen molar-refractivity contribution in [2.24, 2.45) is 5.11 Å². The Morgan fingerprint density at radius 1 is 1.39 bits per heavy atom. The molecule has 11 heteroatoms. The number of imidazole rings is 1. The van der Waals surface area contributed by atoms with Gasteiger partial charge in [0.1, 0.15) is 29.7 Å². The van der Waals surface area contributed by atoms with E-state index in [0.29, 0.717) is 17.0 Å². The Balaban J connectivity index is 0.000000409. The Labute approximate surface area is 162 Å². The van der Waals surface area contributed by atoms with Crippen LogP contribution >= 0.6 is 0 Å². The normalized spacial score (nSPS) is 23.1. The maximum absolute atomic E-state index is 10.1. The van der Waals surface area contributed by atoms with Crippen LogP contribution in [0.1, 0.15) is 17.7 Å². The van der Waals surface area contributed by atoms with Crippen molar-refractivity contribution < 1.29 is 14.9 Å². The average Bonchev–Trinajstić information content (AvgIpc) is 3.23. The Kier molecular flexibility index (Phi) is 6.99. The summed E-state index contributed by atoms with van der Waals surface area (Å²) in [5.41, 5.74) is 10.6. The second kappa shape index (κ2) is 9.22. The van der Waals surface area contributed by atoms with Gasteiger partial charge in [-0.15, -0.1) is 24.5 Å². The molecule has 0 amide bonds. The second-order valence-electron chi connectivity index (χ2n) is 6.17. The molecule has 28 heavy (non-hydrogen) atoms. The van der Waals surface area contributed by atoms with Crippen molar-refractivity contribution in [2.75, 3.05) is 6.61 Å². The van der Waals surface area contributed by atoms with E-state index in [0.717, 1.165) is 5.69 Å². The quantitative estimate of drug-likeness (QED) is 0.265. The smallest absolute Gasteiger partial charge is 0.311 e. The van der Waals surface area contributed by atoms with Crippen molar-refractivity contribution in [2.45, 2.75) is 45.1 Å². The van der Waals surface area contributed by atoms with Crippen molar-refractivity contribution in [1.29, 1.82) is 0 Å². The highest BCUT2D eigenvalue weighted by Crippen LogP contribution is 2.33. The standard InChI is InChI=1S/C12H15N7O3.C5H5B/c1-5-8-11(16-6(2)15-5)19(4-14-8)12-9(17-18-13)10(21)7(3-20)22-12;1-4-6(3)5-2/h4,7,9-10,12,20-21H,3H2,1-2H3;1-2H,3H3/t7-,9+,10?,12-;/m1./s1. The summed E-state index contributed by atoms with van der Waals surface area (Å²) in [6.07, 6.45) is 8.56. The van der Waals surface area contributed by atoms with Gasteiger partial charge >= 0.3 is 6.71 Å². The summed E-state index contributed by atoms with van der Waals surface area (Å²) in [6.45, 7) is 5.00. The molecule has 0 radical (unpaired) electrons. The number of ether oxygens (including phenoxy) is 1. The fraction of sp³-hybridized carbons (Fsp3) is 0.471. The Morgan fingerprint density at radius 3 is 2.61 bits per heavy atom. The molecule has 3 rings (SSSR count). The van der Waals surface area contributed by atoms with Crippen molar-refractivity contribution in [3.8, 4) is 24.5 Å². The van der Waals surface area contributed by atoms with Crippen LogP contribution in [0.25, 0.3) is 21.6 Å². The van der Waals surface area contributed by atoms with E-state index in [1.54, 1.807) is 18.3 Å². The van der Waals surface area contributed by atoms with E-state index in [2.05, 4.69) is 36.6 Å². The van der Waals surface area contributed by atoms with E-state index in [1.807, 2.05) is 6.92 Å². The number of azide groups is 1. The Hall–Kier alpha value is -3.08. The number of aryl methyl sites for hydroxylation is 2. The third kappa shape index (κ3) is 4.25. The Bertz CT molecular complexity index is 960. The molecule has 0 saturated carbocycles. The largest absolute Gasteiger partial charge is 0.394 e. The number of hydrogen-bond acceptors (Lipinski definition) is 7. The number of rotatable bonds is 3. The molecule has 2 aromatic heterocycles. The van der Waals surface area contributed by atoms with Crippen LogP contribution in [0.15, 0.2) is 11.4 Å². The van der Waals surface area contributed by atoms with Crippen LogP contribution in [-0.4, -0.2) is 61.3 Å². The van der Waals surface area contributed by atoms with Gasteiger partial charge < -0.3 is 14.9 Å². The number of hydrogen-bond donors (Lipinski definition) is 2. The van der Waals surface area contributed by atoms with E-state index >= 15 is 0 Å². The van der Waals surface area contributed by atoms with Gasteiger partial charge in [-0.1, -0.05) is 11.9 Å². The van der Waals surface area contributed by atoms with E-state index in [9.17, 15) is 10.2 Å². The lowest BCUT2D eigenvalue weighted by Crippen LogP contribution is -2.31. The molecule has 2 N–H and O–H groups in total. The van der Waals surface area contributed by atoms with Crippen molar-refractivity contribution in [1.82, 2.24) is 19.5 Å². The van der Waals surface area contributed by atoms with Crippen molar-refractivity contribution in [3.05, 3.63) is 28.3 Å². The highest BCUT2D eigenvalue weighted by atomic mass is 16.5. The zero-order valence-electron chi connectivity index (χ0n) is 15.8. The molecule has 1 aliphatic heterocycles. The van der Waals surface area contributed by atoms with E-state index in [1.165, 1.54) is 6.33 Å². The summed E-state index contributed by atoms with van der Waals surface area (Å²) >= 11 is 0. The minimum Gasteiger partial charge on any atom is -0.394 e. The zero-order valence-corrected chi connectivity index (χ0v) is 15.8. The molecule has 2 aromatic rings. The number of aromatic nitrogens is 4. The van der Waals surface area contributed by atoms with Crippen LogP contribution in [-0.2, 0) is 4.74 Å². The summed E-state index contributed by atoms with van der Waals surface area (Å²) < 4.78 is 7.21. The van der Waals surface area contributed by atoms with Gasteiger partial charge in [-0.2, -0.15) is 0 Å². The van der Waals surface area contributed by atoms with Crippen LogP contribution in [0, 0.1) is 38.3 Å². The first-order valence-electron chi connectivity index (χ1n) is 8.46. The predicted octanol–water partition coefficient (Wildman–Crippen LogP) is 0.828. The average molecular weight is 381 g/mol. The highest BCUT2D eigenvalue weighted by molar-refractivity contribution is 6.74. The summed E-state index contributed by atoms with van der Waals surface area (Å²) in [6, 6.07) is -0.880. The first kappa shape index (κ1) is 21.2. The first-order chi connectivity index (χ1) is 13.4. The maximum Gasteiger partial charge on any atom is 0.311 e. The number of terminal acetylenes is 2. The zero-order chi connectivity index (χ0) is 20.8. The molecule has 3 heterocycles. The molecular formula is C17H20BN7O3. The number of aliphatic hydroxyl groups excluding tert-OH is 2. The summed E-state index contributed by atoms with van der Waals surface area (Å²) in [5, 5.41) is 23.0. The summed E-state index contributed by atoms with van der Waals surface area (Å²) in [4.78, 5) is 15.6. The fourth-order valence-electron chi connectivity index (χ4n) is 2.72. The topological polar surface area (TPSA) is 142 Å². The van der Waals surface area contributed by atoms with E-state index in [4.69, 9.17) is 23.1 Å². The maximum atomic E-state index is 10.1. The molecule has 0 bridgehead atoms.